The lowest BCUT2D eigenvalue weighted by molar-refractivity contribution is 0.203. The van der Waals surface area contributed by atoms with Crippen LogP contribution in [-0.4, -0.2) is 31.2 Å². The predicted octanol–water partition coefficient (Wildman–Crippen LogP) is 1.30. The highest BCUT2D eigenvalue weighted by molar-refractivity contribution is 4.89. The molecule has 1 unspecified atom stereocenters. The Morgan fingerprint density at radius 3 is 2.22 bits per heavy atom. The molecule has 2 heteroatoms. The van der Waals surface area contributed by atoms with Crippen molar-refractivity contribution in [1.82, 2.24) is 4.90 Å². The van der Waals surface area contributed by atoms with E-state index in [0.717, 1.165) is 6.54 Å². The highest BCUT2D eigenvalue weighted by atomic mass is 19.1. The average molecular weight is 131 g/mol. The lowest BCUT2D eigenvalue weighted by Crippen LogP contribution is -2.23. The van der Waals surface area contributed by atoms with Crippen molar-refractivity contribution in [3.63, 3.8) is 0 Å². The molecule has 0 aromatic heterocycles. The van der Waals surface area contributed by atoms with Gasteiger partial charge in [-0.05, 0) is 7.05 Å². The second-order valence-corrected chi connectivity index (χ2v) is 3.65. The minimum absolute atomic E-state index is 0.116. The van der Waals surface area contributed by atoms with Gasteiger partial charge in [0.25, 0.3) is 0 Å². The molecule has 1 nitrogen and oxygen atoms in total. The summed E-state index contributed by atoms with van der Waals surface area (Å²) in [5.41, 5.74) is -0.116. The van der Waals surface area contributed by atoms with Crippen LogP contribution < -0.4 is 0 Å². The van der Waals surface area contributed by atoms with Crippen molar-refractivity contribution in [1.29, 1.82) is 0 Å². The summed E-state index contributed by atoms with van der Waals surface area (Å²) < 4.78 is 12.9. The minimum Gasteiger partial charge on any atom is -0.303 e. The van der Waals surface area contributed by atoms with Crippen LogP contribution in [0.4, 0.5) is 4.39 Å². The second-order valence-electron chi connectivity index (χ2n) is 3.65. The van der Waals surface area contributed by atoms with Gasteiger partial charge in [-0.25, -0.2) is 4.39 Å². The van der Waals surface area contributed by atoms with E-state index in [1.165, 1.54) is 0 Å². The lowest BCUT2D eigenvalue weighted by atomic mass is 9.91. The van der Waals surface area contributed by atoms with Crippen LogP contribution in [0.2, 0.25) is 0 Å². The van der Waals surface area contributed by atoms with Crippen LogP contribution in [0.25, 0.3) is 0 Å². The zero-order valence-corrected chi connectivity index (χ0v) is 6.32. The zero-order chi connectivity index (χ0) is 7.07. The van der Waals surface area contributed by atoms with Crippen molar-refractivity contribution in [3.05, 3.63) is 0 Å². The minimum atomic E-state index is -0.637. The fourth-order valence-electron chi connectivity index (χ4n) is 1.38. The third-order valence-electron chi connectivity index (χ3n) is 2.00. The molecule has 0 aromatic rings. The van der Waals surface area contributed by atoms with Crippen molar-refractivity contribution in [2.45, 2.75) is 20.0 Å². The number of hydrogen-bond acceptors (Lipinski definition) is 1. The van der Waals surface area contributed by atoms with Crippen LogP contribution >= 0.6 is 0 Å². The molecule has 1 aliphatic rings. The first-order chi connectivity index (χ1) is 4.02. The van der Waals surface area contributed by atoms with Gasteiger partial charge in [-0.2, -0.15) is 0 Å². The van der Waals surface area contributed by atoms with E-state index in [2.05, 4.69) is 0 Å². The van der Waals surface area contributed by atoms with Crippen molar-refractivity contribution >= 4 is 0 Å². The van der Waals surface area contributed by atoms with Crippen LogP contribution in [-0.2, 0) is 0 Å². The molecular formula is C7H14FN. The van der Waals surface area contributed by atoms with Gasteiger partial charge in [0, 0.05) is 18.5 Å². The molecule has 1 saturated heterocycles. The summed E-state index contributed by atoms with van der Waals surface area (Å²) in [6, 6.07) is 0. The molecular weight excluding hydrogens is 117 g/mol. The van der Waals surface area contributed by atoms with E-state index >= 15 is 0 Å². The molecule has 1 aliphatic heterocycles. The van der Waals surface area contributed by atoms with E-state index in [-0.39, 0.29) is 5.41 Å². The van der Waals surface area contributed by atoms with E-state index in [9.17, 15) is 4.39 Å². The van der Waals surface area contributed by atoms with E-state index in [4.69, 9.17) is 0 Å². The van der Waals surface area contributed by atoms with Gasteiger partial charge in [0.05, 0.1) is 0 Å². The first-order valence-electron chi connectivity index (χ1n) is 3.35. The summed E-state index contributed by atoms with van der Waals surface area (Å²) in [6.45, 7) is 5.43. The number of likely N-dealkylation sites (tertiary alicyclic amines) is 1. The van der Waals surface area contributed by atoms with E-state index < -0.39 is 6.17 Å². The molecule has 1 heterocycles. The Morgan fingerprint density at radius 2 is 2.11 bits per heavy atom. The Kier molecular flexibility index (Phi) is 1.51. The predicted molar refractivity (Wildman–Crippen MR) is 36.2 cm³/mol. The van der Waals surface area contributed by atoms with Crippen molar-refractivity contribution in [3.8, 4) is 0 Å². The monoisotopic (exact) mass is 131 g/mol. The number of halogens is 1. The normalized spacial score (nSPS) is 35.3. The quantitative estimate of drug-likeness (QED) is 0.479. The number of hydrogen-bond donors (Lipinski definition) is 0. The highest BCUT2D eigenvalue weighted by Crippen LogP contribution is 2.30. The number of nitrogens with zero attached hydrogens (tertiary/aromatic N) is 1. The van der Waals surface area contributed by atoms with Crippen LogP contribution in [0, 0.1) is 5.41 Å². The van der Waals surface area contributed by atoms with Gasteiger partial charge in [0.1, 0.15) is 6.17 Å². The van der Waals surface area contributed by atoms with Gasteiger partial charge < -0.3 is 4.90 Å². The summed E-state index contributed by atoms with van der Waals surface area (Å²) in [6.07, 6.45) is -0.637. The molecule has 1 fully saturated rings. The molecule has 0 radical (unpaired) electrons. The molecule has 0 spiro atoms. The maximum atomic E-state index is 12.9. The second kappa shape index (κ2) is 1.94. The molecule has 0 saturated carbocycles. The Bertz CT molecular complexity index is 111. The molecule has 0 amide bonds. The molecule has 1 atom stereocenters. The third-order valence-corrected chi connectivity index (χ3v) is 2.00. The number of alkyl halides is 1. The lowest BCUT2D eigenvalue weighted by Gasteiger charge is -2.18. The van der Waals surface area contributed by atoms with Crippen molar-refractivity contribution in [2.24, 2.45) is 5.41 Å². The fourth-order valence-corrected chi connectivity index (χ4v) is 1.38. The third kappa shape index (κ3) is 1.23. The molecule has 0 bridgehead atoms. The van der Waals surface area contributed by atoms with Gasteiger partial charge >= 0.3 is 0 Å². The summed E-state index contributed by atoms with van der Waals surface area (Å²) >= 11 is 0. The standard InChI is InChI=1S/C7H14FN/c1-7(2)5-9(3)4-6(7)8/h6H,4-5H2,1-3H3. The molecule has 0 N–H and O–H groups in total. The highest BCUT2D eigenvalue weighted by Gasteiger charge is 2.37. The summed E-state index contributed by atoms with van der Waals surface area (Å²) in [7, 11) is 1.96. The molecule has 0 aromatic carbocycles. The Morgan fingerprint density at radius 1 is 1.56 bits per heavy atom. The smallest absolute Gasteiger partial charge is 0.119 e. The van der Waals surface area contributed by atoms with Gasteiger partial charge in [0.15, 0.2) is 0 Å². The topological polar surface area (TPSA) is 3.24 Å². The molecule has 0 aliphatic carbocycles. The van der Waals surface area contributed by atoms with Crippen LogP contribution in [0.15, 0.2) is 0 Å². The van der Waals surface area contributed by atoms with E-state index in [0.29, 0.717) is 6.54 Å². The summed E-state index contributed by atoms with van der Waals surface area (Å²) in [5.74, 6) is 0. The molecule has 9 heavy (non-hydrogen) atoms. The van der Waals surface area contributed by atoms with Crippen molar-refractivity contribution in [2.75, 3.05) is 20.1 Å². The van der Waals surface area contributed by atoms with Gasteiger partial charge in [-0.3, -0.25) is 0 Å². The molecule has 54 valence electrons. The van der Waals surface area contributed by atoms with Crippen LogP contribution in [0.1, 0.15) is 13.8 Å². The maximum absolute atomic E-state index is 12.9. The van der Waals surface area contributed by atoms with E-state index in [1.807, 2.05) is 25.8 Å². The largest absolute Gasteiger partial charge is 0.303 e. The Hall–Kier alpha value is -0.110. The van der Waals surface area contributed by atoms with E-state index in [1.54, 1.807) is 0 Å². The fraction of sp³-hybridized carbons (Fsp3) is 1.00. The van der Waals surface area contributed by atoms with Gasteiger partial charge in [0.2, 0.25) is 0 Å². The van der Waals surface area contributed by atoms with Crippen LogP contribution in [0.5, 0.6) is 0 Å². The van der Waals surface area contributed by atoms with Crippen molar-refractivity contribution < 1.29 is 4.39 Å². The first kappa shape index (κ1) is 7.00. The number of rotatable bonds is 0. The molecule has 1 rings (SSSR count). The average Bonchev–Trinajstić information content (AvgIpc) is 1.79. The maximum Gasteiger partial charge on any atom is 0.119 e. The SMILES string of the molecule is CN1CC(F)C(C)(C)C1. The van der Waals surface area contributed by atoms with Gasteiger partial charge in [-0.1, -0.05) is 13.8 Å². The zero-order valence-electron chi connectivity index (χ0n) is 6.32. The Labute approximate surface area is 55.8 Å². The Balaban J connectivity index is 2.58. The first-order valence-corrected chi connectivity index (χ1v) is 3.35. The van der Waals surface area contributed by atoms with Crippen LogP contribution in [0.3, 0.4) is 0 Å². The van der Waals surface area contributed by atoms with Gasteiger partial charge in [-0.15, -0.1) is 0 Å². The summed E-state index contributed by atoms with van der Waals surface area (Å²) in [4.78, 5) is 2.03. The summed E-state index contributed by atoms with van der Waals surface area (Å²) in [5, 5.41) is 0.